The molecule has 1 aromatic heterocycles. The molecule has 7 heteroatoms. The molecule has 3 heterocycles. The van der Waals surface area contributed by atoms with Crippen LogP contribution in [-0.4, -0.2) is 68.2 Å². The summed E-state index contributed by atoms with van der Waals surface area (Å²) in [7, 11) is 3.10. The van der Waals surface area contributed by atoms with Crippen molar-refractivity contribution in [3.05, 3.63) is 23.2 Å². The van der Waals surface area contributed by atoms with Crippen molar-refractivity contribution in [2.75, 3.05) is 40.5 Å². The van der Waals surface area contributed by atoms with Gasteiger partial charge in [0.25, 0.3) is 0 Å². The van der Waals surface area contributed by atoms with E-state index in [0.717, 1.165) is 26.1 Å². The highest BCUT2D eigenvalue weighted by atomic mass is 16.5. The Bertz CT molecular complexity index is 626. The van der Waals surface area contributed by atoms with Gasteiger partial charge in [0.05, 0.1) is 32.8 Å². The Labute approximate surface area is 141 Å². The van der Waals surface area contributed by atoms with E-state index < -0.39 is 5.97 Å². The Morgan fingerprint density at radius 2 is 2.21 bits per heavy atom. The van der Waals surface area contributed by atoms with Gasteiger partial charge in [0.1, 0.15) is 17.1 Å². The van der Waals surface area contributed by atoms with Gasteiger partial charge in [-0.3, -0.25) is 9.69 Å². The van der Waals surface area contributed by atoms with Gasteiger partial charge in [0.15, 0.2) is 0 Å². The van der Waals surface area contributed by atoms with Crippen LogP contribution in [-0.2, 0) is 20.8 Å². The maximum Gasteiger partial charge on any atom is 0.341 e. The number of carbonyl (C=O) groups excluding carboxylic acids is 2. The molecule has 24 heavy (non-hydrogen) atoms. The Balaban J connectivity index is 1.65. The molecule has 1 aromatic rings. The van der Waals surface area contributed by atoms with E-state index in [1.54, 1.807) is 24.9 Å². The van der Waals surface area contributed by atoms with E-state index in [2.05, 4.69) is 4.90 Å². The van der Waals surface area contributed by atoms with Crippen LogP contribution in [0.4, 0.5) is 0 Å². The monoisotopic (exact) mass is 336 g/mol. The fourth-order valence-electron chi connectivity index (χ4n) is 3.62. The molecular formula is C17H24N2O5. The van der Waals surface area contributed by atoms with Crippen molar-refractivity contribution >= 4 is 11.9 Å². The average molecular weight is 336 g/mol. The van der Waals surface area contributed by atoms with Crippen molar-refractivity contribution in [3.8, 4) is 0 Å². The van der Waals surface area contributed by atoms with Gasteiger partial charge < -0.3 is 18.8 Å². The lowest BCUT2D eigenvalue weighted by Crippen LogP contribution is -2.47. The third-order valence-corrected chi connectivity index (χ3v) is 4.93. The molecule has 0 spiro atoms. The number of aryl methyl sites for hydroxylation is 1. The molecule has 0 N–H and O–H groups in total. The van der Waals surface area contributed by atoms with Crippen LogP contribution in [0.1, 0.15) is 28.3 Å². The van der Waals surface area contributed by atoms with Crippen LogP contribution in [0.3, 0.4) is 0 Å². The van der Waals surface area contributed by atoms with E-state index in [1.165, 1.54) is 7.11 Å². The zero-order valence-corrected chi connectivity index (χ0v) is 14.4. The number of fused-ring (bicyclic) bond motifs is 1. The predicted molar refractivity (Wildman–Crippen MR) is 85.5 cm³/mol. The third-order valence-electron chi connectivity index (χ3n) is 4.93. The van der Waals surface area contributed by atoms with E-state index in [-0.39, 0.29) is 17.9 Å². The number of morpholine rings is 1. The lowest BCUT2D eigenvalue weighted by atomic mass is 9.98. The summed E-state index contributed by atoms with van der Waals surface area (Å²) in [6.07, 6.45) is 0.863. The van der Waals surface area contributed by atoms with E-state index in [4.69, 9.17) is 13.9 Å². The first-order chi connectivity index (χ1) is 11.5. The van der Waals surface area contributed by atoms with Crippen molar-refractivity contribution in [3.63, 3.8) is 0 Å². The highest BCUT2D eigenvalue weighted by Crippen LogP contribution is 2.28. The van der Waals surface area contributed by atoms with E-state index >= 15 is 0 Å². The quantitative estimate of drug-likeness (QED) is 0.766. The first-order valence-corrected chi connectivity index (χ1v) is 8.25. The van der Waals surface area contributed by atoms with Crippen LogP contribution in [0, 0.1) is 12.8 Å². The number of carbonyl (C=O) groups is 2. The summed E-state index contributed by atoms with van der Waals surface area (Å²) in [5, 5.41) is 0. The summed E-state index contributed by atoms with van der Waals surface area (Å²) in [6, 6.07) is 1.83. The zero-order valence-electron chi connectivity index (χ0n) is 14.4. The van der Waals surface area contributed by atoms with Crippen molar-refractivity contribution in [2.24, 2.45) is 5.92 Å². The van der Waals surface area contributed by atoms with Crippen LogP contribution in [0.25, 0.3) is 0 Å². The minimum Gasteiger partial charge on any atom is -0.465 e. The molecule has 7 nitrogen and oxygen atoms in total. The number of ether oxygens (including phenoxy) is 2. The molecule has 2 atom stereocenters. The summed E-state index contributed by atoms with van der Waals surface area (Å²) in [6.45, 7) is 5.26. The lowest BCUT2D eigenvalue weighted by molar-refractivity contribution is -0.137. The van der Waals surface area contributed by atoms with Gasteiger partial charge >= 0.3 is 5.97 Å². The fourth-order valence-corrected chi connectivity index (χ4v) is 3.62. The van der Waals surface area contributed by atoms with Crippen LogP contribution >= 0.6 is 0 Å². The molecule has 0 aromatic carbocycles. The van der Waals surface area contributed by atoms with Gasteiger partial charge in [-0.1, -0.05) is 0 Å². The predicted octanol–water partition coefficient (Wildman–Crippen LogP) is 1.05. The van der Waals surface area contributed by atoms with Gasteiger partial charge in [0.2, 0.25) is 5.91 Å². The second-order valence-electron chi connectivity index (χ2n) is 6.44. The Morgan fingerprint density at radius 1 is 1.42 bits per heavy atom. The Morgan fingerprint density at radius 3 is 2.96 bits per heavy atom. The van der Waals surface area contributed by atoms with Crippen LogP contribution in [0.15, 0.2) is 10.5 Å². The standard InChI is InChI=1S/C17H24N2O5/c1-11-14(17(21)22-3)8-12(24-11)9-18(2)16(20)13-4-5-19-6-7-23-10-15(13)19/h8,13,15H,4-7,9-10H2,1-3H3. The second kappa shape index (κ2) is 6.94. The molecule has 0 saturated carbocycles. The summed E-state index contributed by atoms with van der Waals surface area (Å²) in [4.78, 5) is 28.5. The third kappa shape index (κ3) is 3.18. The zero-order chi connectivity index (χ0) is 17.3. The Hall–Kier alpha value is -1.86. The summed E-state index contributed by atoms with van der Waals surface area (Å²) in [5.41, 5.74) is 0.404. The van der Waals surface area contributed by atoms with E-state index in [0.29, 0.717) is 30.2 Å². The van der Waals surface area contributed by atoms with Crippen molar-refractivity contribution in [1.29, 1.82) is 0 Å². The maximum atomic E-state index is 12.8. The normalized spacial score (nSPS) is 23.8. The summed E-state index contributed by atoms with van der Waals surface area (Å²) in [5.74, 6) is 0.722. The number of amides is 1. The van der Waals surface area contributed by atoms with Crippen LogP contribution < -0.4 is 0 Å². The lowest BCUT2D eigenvalue weighted by Gasteiger charge is -2.33. The molecule has 2 saturated heterocycles. The second-order valence-corrected chi connectivity index (χ2v) is 6.44. The smallest absolute Gasteiger partial charge is 0.341 e. The molecule has 2 unspecified atom stereocenters. The molecule has 2 aliphatic heterocycles. The molecule has 0 radical (unpaired) electrons. The summed E-state index contributed by atoms with van der Waals surface area (Å²) >= 11 is 0. The topological polar surface area (TPSA) is 72.2 Å². The highest BCUT2D eigenvalue weighted by Gasteiger charge is 2.41. The van der Waals surface area contributed by atoms with Gasteiger partial charge in [0, 0.05) is 19.6 Å². The van der Waals surface area contributed by atoms with Crippen LogP contribution in [0.5, 0.6) is 0 Å². The summed E-state index contributed by atoms with van der Waals surface area (Å²) < 4.78 is 15.9. The first kappa shape index (κ1) is 17.0. The van der Waals surface area contributed by atoms with Gasteiger partial charge in [-0.25, -0.2) is 4.79 Å². The molecule has 2 aliphatic rings. The average Bonchev–Trinajstić information content (AvgIpc) is 3.17. The molecule has 1 amide bonds. The first-order valence-electron chi connectivity index (χ1n) is 8.25. The van der Waals surface area contributed by atoms with Gasteiger partial charge in [-0.15, -0.1) is 0 Å². The maximum absolute atomic E-state index is 12.8. The number of furan rings is 1. The minimum absolute atomic E-state index is 0.0357. The molecule has 0 aliphatic carbocycles. The molecule has 0 bridgehead atoms. The number of hydrogen-bond acceptors (Lipinski definition) is 6. The largest absolute Gasteiger partial charge is 0.465 e. The number of methoxy groups -OCH3 is 1. The van der Waals surface area contributed by atoms with Crippen molar-refractivity contribution < 1.29 is 23.5 Å². The van der Waals surface area contributed by atoms with E-state index in [9.17, 15) is 9.59 Å². The van der Waals surface area contributed by atoms with Gasteiger partial charge in [-0.05, 0) is 26.0 Å². The van der Waals surface area contributed by atoms with Crippen molar-refractivity contribution in [1.82, 2.24) is 9.80 Å². The van der Waals surface area contributed by atoms with Gasteiger partial charge in [-0.2, -0.15) is 0 Å². The van der Waals surface area contributed by atoms with Crippen molar-refractivity contribution in [2.45, 2.75) is 25.9 Å². The SMILES string of the molecule is COC(=O)c1cc(CN(C)C(=O)C2CCN3CCOCC23)oc1C. The number of rotatable bonds is 4. The van der Waals surface area contributed by atoms with Crippen LogP contribution in [0.2, 0.25) is 0 Å². The number of esters is 1. The number of nitrogens with zero attached hydrogens (tertiary/aromatic N) is 2. The fraction of sp³-hybridized carbons (Fsp3) is 0.647. The minimum atomic E-state index is -0.428. The van der Waals surface area contributed by atoms with E-state index in [1.807, 2.05) is 0 Å². The molecule has 3 rings (SSSR count). The highest BCUT2D eigenvalue weighted by molar-refractivity contribution is 5.90. The Kier molecular flexibility index (Phi) is 4.91. The molecule has 132 valence electrons. The molecule has 2 fully saturated rings. The number of hydrogen-bond donors (Lipinski definition) is 0. The molecular weight excluding hydrogens is 312 g/mol.